The Balaban J connectivity index is 1.62. The molecule has 4 N–H and O–H groups in total. The van der Waals surface area contributed by atoms with Gasteiger partial charge in [0.25, 0.3) is 0 Å². The predicted molar refractivity (Wildman–Crippen MR) is 146 cm³/mol. The van der Waals surface area contributed by atoms with Crippen molar-refractivity contribution in [2.75, 3.05) is 5.32 Å². The van der Waals surface area contributed by atoms with Gasteiger partial charge >= 0.3 is 0 Å². The van der Waals surface area contributed by atoms with Crippen LogP contribution in [0, 0.1) is 11.3 Å². The molecule has 0 aromatic heterocycles. The minimum absolute atomic E-state index is 0.0187. The van der Waals surface area contributed by atoms with Crippen molar-refractivity contribution in [3.05, 3.63) is 76.5 Å². The third kappa shape index (κ3) is 4.89. The van der Waals surface area contributed by atoms with Crippen molar-refractivity contribution in [2.45, 2.75) is 76.5 Å². The number of fused-ring (bicyclic) bond motifs is 2. The zero-order valence-electron chi connectivity index (χ0n) is 21.7. The third-order valence-electron chi connectivity index (χ3n) is 7.91. The van der Waals surface area contributed by atoms with Gasteiger partial charge in [-0.3, -0.25) is 9.59 Å². The molecule has 1 saturated heterocycles. The van der Waals surface area contributed by atoms with E-state index in [0.29, 0.717) is 30.0 Å². The van der Waals surface area contributed by atoms with E-state index >= 15 is 0 Å². The molecule has 2 aromatic carbocycles. The monoisotopic (exact) mass is 521 g/mol. The fourth-order valence-corrected chi connectivity index (χ4v) is 6.43. The van der Waals surface area contributed by atoms with Crippen LogP contribution < -0.4 is 16.0 Å². The molecule has 0 unspecified atom stereocenters. The summed E-state index contributed by atoms with van der Waals surface area (Å²) in [5.74, 6) is -0.598. The van der Waals surface area contributed by atoms with E-state index in [-0.39, 0.29) is 35.3 Å². The van der Waals surface area contributed by atoms with Crippen molar-refractivity contribution in [2.24, 2.45) is 11.3 Å². The zero-order valence-corrected chi connectivity index (χ0v) is 22.4. The molecule has 2 fully saturated rings. The lowest BCUT2D eigenvalue weighted by atomic mass is 9.66. The molecular formula is C30H36ClN3O3. The Morgan fingerprint density at radius 1 is 1.14 bits per heavy atom. The molecular weight excluding hydrogens is 486 g/mol. The predicted octanol–water partition coefficient (Wildman–Crippen LogP) is 4.71. The zero-order chi connectivity index (χ0) is 26.4. The molecule has 3 atom stereocenters. The normalized spacial score (nSPS) is 30.2. The molecule has 37 heavy (non-hydrogen) atoms. The Hall–Kier alpha value is -2.83. The lowest BCUT2D eigenvalue weighted by Gasteiger charge is -2.33. The molecule has 2 amide bonds. The molecule has 1 spiro atoms. The number of rotatable bonds is 4. The van der Waals surface area contributed by atoms with Gasteiger partial charge in [-0.25, -0.2) is 0 Å². The summed E-state index contributed by atoms with van der Waals surface area (Å²) < 4.78 is 0. The lowest BCUT2D eigenvalue weighted by Crippen LogP contribution is -2.51. The first-order chi connectivity index (χ1) is 17.6. The number of carbonyl (C=O) groups is 2. The molecule has 5 rings (SSSR count). The molecule has 2 heterocycles. The van der Waals surface area contributed by atoms with Crippen LogP contribution in [-0.4, -0.2) is 35.1 Å². The van der Waals surface area contributed by atoms with Crippen molar-refractivity contribution in [1.29, 1.82) is 0 Å². The number of aliphatic hydroxyl groups is 1. The van der Waals surface area contributed by atoms with Gasteiger partial charge < -0.3 is 21.1 Å². The fraction of sp³-hybridized carbons (Fsp3) is 0.467. The molecule has 1 aliphatic carbocycles. The van der Waals surface area contributed by atoms with E-state index in [1.165, 1.54) is 0 Å². The van der Waals surface area contributed by atoms with E-state index in [9.17, 15) is 14.7 Å². The Labute approximate surface area is 223 Å². The number of hydrogen-bond donors (Lipinski definition) is 4. The number of amides is 2. The Morgan fingerprint density at radius 2 is 1.84 bits per heavy atom. The third-order valence-corrected chi connectivity index (χ3v) is 8.14. The second-order valence-electron chi connectivity index (χ2n) is 11.8. The maximum Gasteiger partial charge on any atom is 0.243 e. The largest absolute Gasteiger partial charge is 0.393 e. The van der Waals surface area contributed by atoms with Crippen molar-refractivity contribution >= 4 is 29.1 Å². The smallest absolute Gasteiger partial charge is 0.243 e. The van der Waals surface area contributed by atoms with Gasteiger partial charge in [-0.05, 0) is 60.8 Å². The first kappa shape index (κ1) is 25.8. The molecule has 0 radical (unpaired) electrons. The molecule has 2 aliphatic heterocycles. The average Bonchev–Trinajstić information content (AvgIpc) is 3.30. The molecule has 196 valence electrons. The van der Waals surface area contributed by atoms with Crippen molar-refractivity contribution in [3.8, 4) is 0 Å². The van der Waals surface area contributed by atoms with Gasteiger partial charge in [-0.2, -0.15) is 0 Å². The molecule has 6 nitrogen and oxygen atoms in total. The van der Waals surface area contributed by atoms with E-state index in [1.54, 1.807) is 6.07 Å². The highest BCUT2D eigenvalue weighted by Crippen LogP contribution is 2.54. The van der Waals surface area contributed by atoms with E-state index in [2.05, 4.69) is 42.8 Å². The van der Waals surface area contributed by atoms with Gasteiger partial charge in [0, 0.05) is 28.4 Å². The van der Waals surface area contributed by atoms with Gasteiger partial charge in [0.1, 0.15) is 11.5 Å². The fourth-order valence-electron chi connectivity index (χ4n) is 6.26. The standard InChI is InChI=1S/C30H36ClN3O3/c1-29(2,3)17-25-30(22-14-9-19(31)16-24(22)33-28(30)37)23(15-18-7-5-4-6-8-18)26(34-25)27(36)32-20-10-12-21(35)13-11-20/h4-9,14,16-17,20-21,23,26,34-35H,10-13,15H2,1-3H3,(H,32,36)(H,33,37)/b25-17-/t20?,21?,23-,26+,30-/m0/s1. The van der Waals surface area contributed by atoms with Crippen LogP contribution in [0.1, 0.15) is 57.6 Å². The summed E-state index contributed by atoms with van der Waals surface area (Å²) in [7, 11) is 0. The SMILES string of the molecule is CC(C)(C)/C=C1\N[C@@H](C(=O)NC2CCC(O)CC2)[C@H](Cc2ccccc2)[C@]12C(=O)Nc1cc(Cl)ccc12. The average molecular weight is 522 g/mol. The maximum atomic E-state index is 14.1. The summed E-state index contributed by atoms with van der Waals surface area (Å²) in [6.07, 6.45) is 5.23. The van der Waals surface area contributed by atoms with Crippen LogP contribution in [-0.2, 0) is 21.4 Å². The van der Waals surface area contributed by atoms with Crippen LogP contribution in [0.15, 0.2) is 60.3 Å². The Bertz CT molecular complexity index is 1210. The molecule has 1 saturated carbocycles. The lowest BCUT2D eigenvalue weighted by molar-refractivity contribution is -0.125. The first-order valence-corrected chi connectivity index (χ1v) is 13.6. The van der Waals surface area contributed by atoms with Crippen LogP contribution >= 0.6 is 11.6 Å². The van der Waals surface area contributed by atoms with Crippen LogP contribution in [0.2, 0.25) is 5.02 Å². The van der Waals surface area contributed by atoms with Crippen molar-refractivity contribution in [1.82, 2.24) is 10.6 Å². The highest BCUT2D eigenvalue weighted by atomic mass is 35.5. The molecule has 7 heteroatoms. The number of benzene rings is 2. The summed E-state index contributed by atoms with van der Waals surface area (Å²) >= 11 is 6.31. The number of nitrogens with one attached hydrogen (secondary N) is 3. The number of carbonyl (C=O) groups excluding carboxylic acids is 2. The highest BCUT2D eigenvalue weighted by molar-refractivity contribution is 6.31. The van der Waals surface area contributed by atoms with Crippen molar-refractivity contribution in [3.63, 3.8) is 0 Å². The summed E-state index contributed by atoms with van der Waals surface area (Å²) in [5, 5.41) is 20.3. The van der Waals surface area contributed by atoms with E-state index < -0.39 is 11.5 Å². The van der Waals surface area contributed by atoms with E-state index in [4.69, 9.17) is 11.6 Å². The molecule has 2 aromatic rings. The summed E-state index contributed by atoms with van der Waals surface area (Å²) in [4.78, 5) is 28.0. The number of hydrogen-bond acceptors (Lipinski definition) is 4. The summed E-state index contributed by atoms with van der Waals surface area (Å²) in [6, 6.07) is 15.0. The van der Waals surface area contributed by atoms with Gasteiger partial charge in [0.2, 0.25) is 11.8 Å². The van der Waals surface area contributed by atoms with E-state index in [0.717, 1.165) is 29.7 Å². The topological polar surface area (TPSA) is 90.5 Å². The second-order valence-corrected chi connectivity index (χ2v) is 12.2. The first-order valence-electron chi connectivity index (χ1n) is 13.2. The number of aliphatic hydroxyl groups excluding tert-OH is 1. The van der Waals surface area contributed by atoms with Crippen LogP contribution in [0.3, 0.4) is 0 Å². The Kier molecular flexibility index (Phi) is 6.84. The number of anilines is 1. The molecule has 3 aliphatic rings. The molecule has 0 bridgehead atoms. The maximum absolute atomic E-state index is 14.1. The minimum atomic E-state index is -1.05. The van der Waals surface area contributed by atoms with Gasteiger partial charge in [0.05, 0.1) is 6.10 Å². The quantitative estimate of drug-likeness (QED) is 0.469. The summed E-state index contributed by atoms with van der Waals surface area (Å²) in [6.45, 7) is 6.29. The summed E-state index contributed by atoms with van der Waals surface area (Å²) in [5.41, 5.74) is 2.10. The van der Waals surface area contributed by atoms with Crippen LogP contribution in [0.4, 0.5) is 5.69 Å². The van der Waals surface area contributed by atoms with E-state index in [1.807, 2.05) is 42.5 Å². The van der Waals surface area contributed by atoms with Crippen LogP contribution in [0.5, 0.6) is 0 Å². The van der Waals surface area contributed by atoms with Crippen molar-refractivity contribution < 1.29 is 14.7 Å². The van der Waals surface area contributed by atoms with Gasteiger partial charge in [-0.1, -0.05) is 74.8 Å². The Morgan fingerprint density at radius 3 is 2.51 bits per heavy atom. The minimum Gasteiger partial charge on any atom is -0.393 e. The van der Waals surface area contributed by atoms with Gasteiger partial charge in [-0.15, -0.1) is 0 Å². The second kappa shape index (κ2) is 9.80. The number of halogens is 1. The highest BCUT2D eigenvalue weighted by Gasteiger charge is 2.63. The van der Waals surface area contributed by atoms with Crippen LogP contribution in [0.25, 0.3) is 0 Å². The number of allylic oxidation sites excluding steroid dienone is 1. The van der Waals surface area contributed by atoms with Gasteiger partial charge in [0.15, 0.2) is 0 Å².